The van der Waals surface area contributed by atoms with Crippen molar-refractivity contribution in [3.63, 3.8) is 0 Å². The zero-order valence-electron chi connectivity index (χ0n) is 34.2. The number of nitrogens with zero attached hydrogens (tertiary/aromatic N) is 4. The Labute approximate surface area is 369 Å². The van der Waals surface area contributed by atoms with Crippen molar-refractivity contribution in [1.29, 1.82) is 10.5 Å². The van der Waals surface area contributed by atoms with Crippen LogP contribution in [0.3, 0.4) is 0 Å². The lowest BCUT2D eigenvalue weighted by molar-refractivity contribution is -0.139. The van der Waals surface area contributed by atoms with Crippen molar-refractivity contribution in [2.75, 3.05) is 0 Å². The summed E-state index contributed by atoms with van der Waals surface area (Å²) in [6.07, 6.45) is 6.56. The Kier molecular flexibility index (Phi) is 15.4. The van der Waals surface area contributed by atoms with Crippen LogP contribution in [-0.4, -0.2) is 32.2 Å². The molecule has 0 bridgehead atoms. The minimum Gasteiger partial charge on any atom is -0.488 e. The number of halogens is 2. The first-order valence-corrected chi connectivity index (χ1v) is 20.4. The third-order valence-electron chi connectivity index (χ3n) is 10.2. The molecule has 2 aromatic heterocycles. The van der Waals surface area contributed by atoms with E-state index in [4.69, 9.17) is 42.1 Å². The standard InChI is InChI=1S/C48H43Cl2N5O7/c1-4-43(48(57)58)55-23-37-13-41(49)46(15-44(37)59-25-33-11-31(17-51)19-53-21-33)61-27-35-7-5-9-39(29(35)2)40-10-6-8-36(30(40)3)28-62-47-16-45(38(24-56)14-42(47)50)60-26-34-12-32(18-52)20-54-22-34/h5-16,19-22,43,55-56H,4,23-28H2,1-3H3,(H,57,58). The summed E-state index contributed by atoms with van der Waals surface area (Å²) in [5.74, 6) is 0.639. The lowest BCUT2D eigenvalue weighted by Crippen LogP contribution is -2.35. The number of hydrogen-bond acceptors (Lipinski definition) is 11. The summed E-state index contributed by atoms with van der Waals surface area (Å²) in [5, 5.41) is 41.9. The number of benzene rings is 4. The van der Waals surface area contributed by atoms with E-state index in [0.717, 1.165) is 33.4 Å². The molecule has 4 aromatic carbocycles. The molecule has 14 heteroatoms. The van der Waals surface area contributed by atoms with Gasteiger partial charge in [0.15, 0.2) is 0 Å². The van der Waals surface area contributed by atoms with E-state index >= 15 is 0 Å². The monoisotopic (exact) mass is 871 g/mol. The summed E-state index contributed by atoms with van der Waals surface area (Å²) < 4.78 is 24.8. The number of carbonyl (C=O) groups is 1. The topological polar surface area (TPSA) is 180 Å². The van der Waals surface area contributed by atoms with Crippen LogP contribution in [0.2, 0.25) is 10.0 Å². The first-order chi connectivity index (χ1) is 30.0. The normalized spacial score (nSPS) is 11.3. The molecule has 6 rings (SSSR count). The number of aliphatic hydroxyl groups is 1. The number of aliphatic hydroxyl groups excluding tert-OH is 1. The summed E-state index contributed by atoms with van der Waals surface area (Å²) in [5.41, 5.74) is 9.23. The molecule has 0 aliphatic rings. The highest BCUT2D eigenvalue weighted by Crippen LogP contribution is 2.37. The van der Waals surface area contributed by atoms with Crippen LogP contribution in [0.5, 0.6) is 23.0 Å². The highest BCUT2D eigenvalue weighted by Gasteiger charge is 2.19. The maximum atomic E-state index is 11.7. The summed E-state index contributed by atoms with van der Waals surface area (Å²) in [6.45, 7) is 6.37. The van der Waals surface area contributed by atoms with E-state index in [1.54, 1.807) is 55.7 Å². The summed E-state index contributed by atoms with van der Waals surface area (Å²) in [6, 6.07) is 25.5. The summed E-state index contributed by atoms with van der Waals surface area (Å²) in [7, 11) is 0. The molecule has 6 aromatic rings. The van der Waals surface area contributed by atoms with Gasteiger partial charge in [-0.15, -0.1) is 0 Å². The Hall–Kier alpha value is -6.67. The molecule has 62 heavy (non-hydrogen) atoms. The number of aliphatic carboxylic acids is 1. The second kappa shape index (κ2) is 21.2. The number of carboxylic acid groups (broad SMARTS) is 1. The lowest BCUT2D eigenvalue weighted by atomic mass is 9.92. The minimum absolute atomic E-state index is 0.105. The smallest absolute Gasteiger partial charge is 0.320 e. The fourth-order valence-corrected chi connectivity index (χ4v) is 7.18. The van der Waals surface area contributed by atoms with Gasteiger partial charge in [0.1, 0.15) is 67.6 Å². The second-order valence-corrected chi connectivity index (χ2v) is 15.2. The molecular weight excluding hydrogens is 829 g/mol. The van der Waals surface area contributed by atoms with Crippen molar-refractivity contribution in [2.45, 2.75) is 72.8 Å². The van der Waals surface area contributed by atoms with Crippen LogP contribution in [0, 0.1) is 36.5 Å². The largest absolute Gasteiger partial charge is 0.488 e. The highest BCUT2D eigenvalue weighted by atomic mass is 35.5. The highest BCUT2D eigenvalue weighted by molar-refractivity contribution is 6.32. The van der Waals surface area contributed by atoms with Gasteiger partial charge in [-0.05, 0) is 77.9 Å². The van der Waals surface area contributed by atoms with E-state index in [1.807, 2.05) is 38.1 Å². The van der Waals surface area contributed by atoms with Crippen molar-refractivity contribution in [3.8, 4) is 46.3 Å². The second-order valence-electron chi connectivity index (χ2n) is 14.3. The van der Waals surface area contributed by atoms with Crippen LogP contribution >= 0.6 is 23.2 Å². The average Bonchev–Trinajstić information content (AvgIpc) is 3.28. The van der Waals surface area contributed by atoms with Gasteiger partial charge < -0.3 is 34.5 Å². The fourth-order valence-electron chi connectivity index (χ4n) is 6.69. The molecule has 1 atom stereocenters. The van der Waals surface area contributed by atoms with Crippen LogP contribution in [0.1, 0.15) is 69.0 Å². The Balaban J connectivity index is 1.18. The Bertz CT molecular complexity index is 2660. The molecule has 0 amide bonds. The van der Waals surface area contributed by atoms with Gasteiger partial charge in [0.25, 0.3) is 0 Å². The number of rotatable bonds is 19. The van der Waals surface area contributed by atoms with Crippen molar-refractivity contribution in [2.24, 2.45) is 0 Å². The van der Waals surface area contributed by atoms with Gasteiger partial charge >= 0.3 is 5.97 Å². The number of hydrogen-bond donors (Lipinski definition) is 3. The van der Waals surface area contributed by atoms with Gasteiger partial charge in [0.05, 0.1) is 27.8 Å². The van der Waals surface area contributed by atoms with Gasteiger partial charge in [-0.25, -0.2) is 0 Å². The van der Waals surface area contributed by atoms with E-state index in [2.05, 4.69) is 39.6 Å². The number of aromatic nitrogens is 2. The molecule has 0 aliphatic heterocycles. The predicted molar refractivity (Wildman–Crippen MR) is 234 cm³/mol. The fraction of sp³-hybridized carbons (Fsp3) is 0.229. The number of nitriles is 2. The van der Waals surface area contributed by atoms with Gasteiger partial charge in [-0.2, -0.15) is 10.5 Å². The van der Waals surface area contributed by atoms with Crippen molar-refractivity contribution < 1.29 is 34.0 Å². The maximum absolute atomic E-state index is 11.7. The molecule has 0 spiro atoms. The Morgan fingerprint density at radius 2 is 1.15 bits per heavy atom. The van der Waals surface area contributed by atoms with Gasteiger partial charge in [0.2, 0.25) is 0 Å². The Morgan fingerprint density at radius 3 is 1.60 bits per heavy atom. The zero-order chi connectivity index (χ0) is 44.2. The van der Waals surface area contributed by atoms with E-state index in [9.17, 15) is 25.5 Å². The van der Waals surface area contributed by atoms with Crippen LogP contribution in [0.25, 0.3) is 11.1 Å². The van der Waals surface area contributed by atoms with Crippen LogP contribution in [-0.2, 0) is 44.4 Å². The molecule has 316 valence electrons. The molecule has 0 saturated heterocycles. The summed E-state index contributed by atoms with van der Waals surface area (Å²) in [4.78, 5) is 19.9. The summed E-state index contributed by atoms with van der Waals surface area (Å²) >= 11 is 13.4. The lowest BCUT2D eigenvalue weighted by Gasteiger charge is -2.19. The van der Waals surface area contributed by atoms with E-state index in [-0.39, 0.29) is 39.6 Å². The van der Waals surface area contributed by atoms with E-state index in [1.165, 1.54) is 12.4 Å². The number of pyridine rings is 2. The molecular formula is C48H43Cl2N5O7. The molecule has 0 radical (unpaired) electrons. The molecule has 1 unspecified atom stereocenters. The molecule has 2 heterocycles. The Morgan fingerprint density at radius 1 is 0.677 bits per heavy atom. The molecule has 12 nitrogen and oxygen atoms in total. The van der Waals surface area contributed by atoms with Crippen LogP contribution < -0.4 is 24.3 Å². The van der Waals surface area contributed by atoms with Crippen LogP contribution in [0.15, 0.2) is 97.6 Å². The zero-order valence-corrected chi connectivity index (χ0v) is 35.8. The average molecular weight is 873 g/mol. The first kappa shape index (κ1) is 44.9. The van der Waals surface area contributed by atoms with Crippen molar-refractivity contribution in [3.05, 3.63) is 163 Å². The minimum atomic E-state index is -0.959. The maximum Gasteiger partial charge on any atom is 0.320 e. The third-order valence-corrected chi connectivity index (χ3v) is 10.8. The van der Waals surface area contributed by atoms with Gasteiger partial charge in [-0.3, -0.25) is 14.8 Å². The molecule has 3 N–H and O–H groups in total. The number of ether oxygens (including phenoxy) is 4. The quantitative estimate of drug-likeness (QED) is 0.0703. The van der Waals surface area contributed by atoms with Crippen molar-refractivity contribution in [1.82, 2.24) is 15.3 Å². The number of nitrogens with one attached hydrogen (secondary N) is 1. The number of carboxylic acids is 1. The SMILES string of the molecule is CCC(NCc1cc(Cl)c(OCc2cccc(-c3cccc(COc4cc(OCc5cncc(C#N)c5)c(CO)cc4Cl)c3C)c2C)cc1OCc1cncc(C#N)c1)C(=O)O. The van der Waals surface area contributed by atoms with E-state index < -0.39 is 12.0 Å². The van der Waals surface area contributed by atoms with Crippen LogP contribution in [0.4, 0.5) is 0 Å². The first-order valence-electron chi connectivity index (χ1n) is 19.6. The third kappa shape index (κ3) is 11.2. The molecule has 0 saturated carbocycles. The van der Waals surface area contributed by atoms with Crippen molar-refractivity contribution >= 4 is 29.2 Å². The van der Waals surface area contributed by atoms with Gasteiger partial charge in [-0.1, -0.05) is 66.5 Å². The predicted octanol–water partition coefficient (Wildman–Crippen LogP) is 9.57. The molecule has 0 fully saturated rings. The van der Waals surface area contributed by atoms with E-state index in [0.29, 0.717) is 72.8 Å². The van der Waals surface area contributed by atoms with Gasteiger partial charge in [0, 0.05) is 65.7 Å². The molecule has 0 aliphatic carbocycles.